The Kier molecular flexibility index (Phi) is 2.34. The summed E-state index contributed by atoms with van der Waals surface area (Å²) in [5.74, 6) is 0. The van der Waals surface area contributed by atoms with Gasteiger partial charge in [-0.25, -0.2) is 0 Å². The number of hydrogen-bond donors (Lipinski definition) is 0. The van der Waals surface area contributed by atoms with E-state index in [1.807, 2.05) is 24.8 Å². The fraction of sp³-hybridized carbons (Fsp3) is 0.120. The van der Waals surface area contributed by atoms with Crippen LogP contribution in [0.1, 0.15) is 25.0 Å². The van der Waals surface area contributed by atoms with Crippen LogP contribution in [0.3, 0.4) is 0 Å². The summed E-state index contributed by atoms with van der Waals surface area (Å²) in [4.78, 5) is 8.85. The molecule has 1 aliphatic rings. The normalized spacial score (nSPS) is 15.1. The highest BCUT2D eigenvalue weighted by molar-refractivity contribution is 6.28. The Labute approximate surface area is 161 Å². The molecular formula is C25H17N3. The fourth-order valence-electron chi connectivity index (χ4n) is 5.47. The van der Waals surface area contributed by atoms with Crippen molar-refractivity contribution < 1.29 is 0 Å². The van der Waals surface area contributed by atoms with Gasteiger partial charge in [0.15, 0.2) is 0 Å². The van der Waals surface area contributed by atoms with Gasteiger partial charge in [-0.05, 0) is 40.5 Å². The predicted molar refractivity (Wildman–Crippen MR) is 114 cm³/mol. The molecule has 0 radical (unpaired) electrons. The molecule has 0 fully saturated rings. The second-order valence-electron chi connectivity index (χ2n) is 8.36. The first-order valence-electron chi connectivity index (χ1n) is 9.68. The minimum Gasteiger partial charge on any atom is -0.305 e. The summed E-state index contributed by atoms with van der Waals surface area (Å²) >= 11 is 0. The largest absolute Gasteiger partial charge is 0.305 e. The summed E-state index contributed by atoms with van der Waals surface area (Å²) in [6, 6.07) is 15.6. The molecule has 3 heteroatoms. The molecule has 6 aromatic rings. The Hall–Kier alpha value is -3.46. The van der Waals surface area contributed by atoms with E-state index in [-0.39, 0.29) is 5.41 Å². The molecule has 0 spiro atoms. The van der Waals surface area contributed by atoms with Crippen molar-refractivity contribution in [3.63, 3.8) is 0 Å². The zero-order valence-corrected chi connectivity index (χ0v) is 15.7. The van der Waals surface area contributed by atoms with Gasteiger partial charge in [0, 0.05) is 39.4 Å². The van der Waals surface area contributed by atoms with E-state index in [0.717, 1.165) is 11.0 Å². The van der Waals surface area contributed by atoms with Crippen molar-refractivity contribution in [2.24, 2.45) is 0 Å². The van der Waals surface area contributed by atoms with Crippen LogP contribution in [0.4, 0.5) is 0 Å². The summed E-state index contributed by atoms with van der Waals surface area (Å²) < 4.78 is 2.35. The van der Waals surface area contributed by atoms with E-state index in [1.54, 1.807) is 0 Å². The van der Waals surface area contributed by atoms with Crippen molar-refractivity contribution in [2.75, 3.05) is 0 Å². The Morgan fingerprint density at radius 3 is 2.32 bits per heavy atom. The van der Waals surface area contributed by atoms with Gasteiger partial charge in [-0.2, -0.15) is 0 Å². The van der Waals surface area contributed by atoms with E-state index in [2.05, 4.69) is 70.7 Å². The van der Waals surface area contributed by atoms with Crippen LogP contribution in [0.2, 0.25) is 0 Å². The van der Waals surface area contributed by atoms with Gasteiger partial charge in [0.1, 0.15) is 0 Å². The third-order valence-corrected chi connectivity index (χ3v) is 6.71. The van der Waals surface area contributed by atoms with Crippen LogP contribution in [-0.4, -0.2) is 14.4 Å². The average molecular weight is 359 g/mol. The second kappa shape index (κ2) is 4.50. The average Bonchev–Trinajstić information content (AvgIpc) is 3.31. The summed E-state index contributed by atoms with van der Waals surface area (Å²) in [7, 11) is 0. The van der Waals surface area contributed by atoms with Gasteiger partial charge >= 0.3 is 0 Å². The lowest BCUT2D eigenvalue weighted by Gasteiger charge is -2.21. The number of hydrogen-bond acceptors (Lipinski definition) is 2. The minimum atomic E-state index is -0.0200. The molecule has 0 N–H and O–H groups in total. The predicted octanol–water partition coefficient (Wildman–Crippen LogP) is 5.93. The minimum absolute atomic E-state index is 0.0200. The Morgan fingerprint density at radius 1 is 0.786 bits per heavy atom. The molecule has 0 amide bonds. The summed E-state index contributed by atoms with van der Waals surface area (Å²) in [5, 5.41) is 5.18. The van der Waals surface area contributed by atoms with Crippen molar-refractivity contribution in [1.29, 1.82) is 0 Å². The number of aromatic nitrogens is 3. The summed E-state index contributed by atoms with van der Waals surface area (Å²) in [6.45, 7) is 4.69. The maximum absolute atomic E-state index is 4.44. The summed E-state index contributed by atoms with van der Waals surface area (Å²) in [5.41, 5.74) is 9.15. The highest BCUT2D eigenvalue weighted by Crippen LogP contribution is 2.55. The van der Waals surface area contributed by atoms with E-state index in [0.29, 0.717) is 0 Å². The summed E-state index contributed by atoms with van der Waals surface area (Å²) in [6.07, 6.45) is 7.76. The van der Waals surface area contributed by atoms with Gasteiger partial charge in [0.2, 0.25) is 0 Å². The maximum Gasteiger partial charge on any atom is 0.0725 e. The monoisotopic (exact) mass is 359 g/mol. The molecule has 3 nitrogen and oxygen atoms in total. The van der Waals surface area contributed by atoms with Crippen LogP contribution in [-0.2, 0) is 5.41 Å². The van der Waals surface area contributed by atoms with Crippen molar-refractivity contribution in [2.45, 2.75) is 19.3 Å². The van der Waals surface area contributed by atoms with Gasteiger partial charge in [0.25, 0.3) is 0 Å². The molecule has 0 aliphatic heterocycles. The lowest BCUT2D eigenvalue weighted by molar-refractivity contribution is 0.661. The Bertz CT molecular complexity index is 1590. The Balaban J connectivity index is 1.88. The van der Waals surface area contributed by atoms with E-state index in [1.165, 1.54) is 49.3 Å². The number of fused-ring (bicyclic) bond motifs is 10. The quantitative estimate of drug-likeness (QED) is 0.336. The van der Waals surface area contributed by atoms with Crippen LogP contribution in [0, 0.1) is 0 Å². The maximum atomic E-state index is 4.44. The Morgan fingerprint density at radius 2 is 1.50 bits per heavy atom. The second-order valence-corrected chi connectivity index (χ2v) is 8.36. The van der Waals surface area contributed by atoms with Gasteiger partial charge in [-0.15, -0.1) is 0 Å². The smallest absolute Gasteiger partial charge is 0.0725 e. The first-order chi connectivity index (χ1) is 13.7. The number of benzene rings is 2. The molecule has 1 aliphatic carbocycles. The van der Waals surface area contributed by atoms with Gasteiger partial charge in [-0.3, -0.25) is 9.97 Å². The molecule has 0 bridgehead atoms. The molecule has 4 heterocycles. The van der Waals surface area contributed by atoms with Gasteiger partial charge < -0.3 is 4.40 Å². The van der Waals surface area contributed by atoms with E-state index in [9.17, 15) is 0 Å². The van der Waals surface area contributed by atoms with Crippen molar-refractivity contribution in [1.82, 2.24) is 14.4 Å². The number of rotatable bonds is 0. The van der Waals surface area contributed by atoms with Crippen molar-refractivity contribution in [3.05, 3.63) is 78.4 Å². The fourth-order valence-corrected chi connectivity index (χ4v) is 5.47. The molecule has 4 aromatic heterocycles. The van der Waals surface area contributed by atoms with E-state index in [4.69, 9.17) is 0 Å². The lowest BCUT2D eigenvalue weighted by atomic mass is 9.81. The molecule has 0 atom stereocenters. The third kappa shape index (κ3) is 1.43. The molecule has 28 heavy (non-hydrogen) atoms. The van der Waals surface area contributed by atoms with Crippen LogP contribution in [0.15, 0.2) is 67.3 Å². The highest BCUT2D eigenvalue weighted by Gasteiger charge is 2.38. The lowest BCUT2D eigenvalue weighted by Crippen LogP contribution is -2.14. The highest BCUT2D eigenvalue weighted by atomic mass is 14.9. The third-order valence-electron chi connectivity index (χ3n) is 6.71. The topological polar surface area (TPSA) is 30.2 Å². The number of nitrogens with zero attached hydrogens (tertiary/aromatic N) is 3. The van der Waals surface area contributed by atoms with E-state index < -0.39 is 0 Å². The van der Waals surface area contributed by atoms with Crippen LogP contribution in [0.25, 0.3) is 49.2 Å². The first-order valence-corrected chi connectivity index (χ1v) is 9.68. The van der Waals surface area contributed by atoms with Crippen LogP contribution < -0.4 is 0 Å². The van der Waals surface area contributed by atoms with Gasteiger partial charge in [0.05, 0.1) is 28.9 Å². The standard InChI is InChI=1S/C25H17N3/c1-25(2)18-6-4-3-5-15(18)22-19(25)11-17-14-7-9-26-12-20(14)28-21-13-27-10-8-16(21)23(22)24(17)28/h3-13H,1-2H3. The van der Waals surface area contributed by atoms with Gasteiger partial charge in [-0.1, -0.05) is 38.1 Å². The van der Waals surface area contributed by atoms with Crippen molar-refractivity contribution in [3.8, 4) is 11.1 Å². The zero-order valence-electron chi connectivity index (χ0n) is 15.7. The molecule has 132 valence electrons. The first kappa shape index (κ1) is 14.6. The van der Waals surface area contributed by atoms with E-state index >= 15 is 0 Å². The van der Waals surface area contributed by atoms with Crippen molar-refractivity contribution >= 4 is 38.1 Å². The molecule has 7 rings (SSSR count). The molecule has 0 saturated heterocycles. The number of pyridine rings is 2. The van der Waals surface area contributed by atoms with Crippen LogP contribution >= 0.6 is 0 Å². The molecular weight excluding hydrogens is 342 g/mol. The molecule has 0 saturated carbocycles. The van der Waals surface area contributed by atoms with Crippen LogP contribution in [0.5, 0.6) is 0 Å². The molecule has 0 unspecified atom stereocenters. The SMILES string of the molecule is CC1(C)c2ccccc2-c2c1cc1c3ccncc3n3c4cnccc4c2c13. The molecule has 2 aromatic carbocycles. The zero-order chi connectivity index (χ0) is 18.6.